The Morgan fingerprint density at radius 2 is 2.23 bits per heavy atom. The van der Waals surface area contributed by atoms with Gasteiger partial charge in [0.15, 0.2) is 5.78 Å². The van der Waals surface area contributed by atoms with Crippen LogP contribution in [-0.2, 0) is 9.53 Å². The summed E-state index contributed by atoms with van der Waals surface area (Å²) in [5, 5.41) is 4.85. The van der Waals surface area contributed by atoms with Crippen molar-refractivity contribution in [2.24, 2.45) is 11.8 Å². The molecule has 0 bridgehead atoms. The van der Waals surface area contributed by atoms with Crippen molar-refractivity contribution in [2.75, 3.05) is 13.2 Å². The first-order valence-electron chi connectivity index (χ1n) is 8.01. The van der Waals surface area contributed by atoms with Crippen LogP contribution in [0.3, 0.4) is 0 Å². The molecule has 2 atom stereocenters. The predicted molar refractivity (Wildman–Crippen MR) is 88.2 cm³/mol. The Hall–Kier alpha value is -1.20. The van der Waals surface area contributed by atoms with E-state index in [1.54, 1.807) is 6.07 Å². The van der Waals surface area contributed by atoms with Gasteiger partial charge in [0.2, 0.25) is 5.91 Å². The molecule has 1 N–H and O–H groups in total. The number of carbonyl (C=O) groups is 2. The first-order chi connectivity index (χ1) is 10.6. The Kier molecular flexibility index (Phi) is 6.58. The molecule has 1 saturated heterocycles. The molecule has 2 rings (SSSR count). The summed E-state index contributed by atoms with van der Waals surface area (Å²) in [6.07, 6.45) is 2.86. The van der Waals surface area contributed by atoms with Gasteiger partial charge in [0, 0.05) is 26.0 Å². The minimum atomic E-state index is -0.0301. The highest BCUT2D eigenvalue weighted by Gasteiger charge is 2.25. The van der Waals surface area contributed by atoms with Gasteiger partial charge in [-0.3, -0.25) is 9.59 Å². The number of ether oxygens (including phenoxy) is 1. The van der Waals surface area contributed by atoms with E-state index in [1.807, 2.05) is 11.4 Å². The van der Waals surface area contributed by atoms with Crippen molar-refractivity contribution in [2.45, 2.75) is 45.6 Å². The molecule has 1 aromatic heterocycles. The summed E-state index contributed by atoms with van der Waals surface area (Å²) in [6.45, 7) is 5.81. The third-order valence-corrected chi connectivity index (χ3v) is 5.04. The second kappa shape index (κ2) is 8.44. The molecule has 1 aliphatic heterocycles. The van der Waals surface area contributed by atoms with E-state index >= 15 is 0 Å². The number of hydrogen-bond acceptors (Lipinski definition) is 4. The zero-order chi connectivity index (χ0) is 15.9. The van der Waals surface area contributed by atoms with Gasteiger partial charge in [-0.15, -0.1) is 11.3 Å². The first-order valence-corrected chi connectivity index (χ1v) is 8.89. The van der Waals surface area contributed by atoms with Crippen LogP contribution in [0.25, 0.3) is 0 Å². The lowest BCUT2D eigenvalue weighted by Crippen LogP contribution is -2.36. The van der Waals surface area contributed by atoms with Crippen LogP contribution < -0.4 is 5.32 Å². The highest BCUT2D eigenvalue weighted by atomic mass is 32.1. The quantitative estimate of drug-likeness (QED) is 0.784. The van der Waals surface area contributed by atoms with Crippen molar-refractivity contribution in [3.8, 4) is 0 Å². The number of hydrogen-bond donors (Lipinski definition) is 1. The van der Waals surface area contributed by atoms with Crippen LogP contribution in [0.15, 0.2) is 17.5 Å². The number of rotatable bonds is 7. The Morgan fingerprint density at radius 1 is 1.41 bits per heavy atom. The topological polar surface area (TPSA) is 55.4 Å². The molecule has 0 aromatic carbocycles. The number of Topliss-reactive ketones (excluding diaryl/α,β-unsaturated/α-hetero) is 1. The first kappa shape index (κ1) is 17.2. The Balaban J connectivity index is 1.66. The van der Waals surface area contributed by atoms with E-state index in [0.29, 0.717) is 24.5 Å². The molecule has 0 aliphatic carbocycles. The lowest BCUT2D eigenvalue weighted by atomic mass is 9.90. The van der Waals surface area contributed by atoms with Gasteiger partial charge >= 0.3 is 0 Å². The van der Waals surface area contributed by atoms with Crippen molar-refractivity contribution in [3.63, 3.8) is 0 Å². The van der Waals surface area contributed by atoms with E-state index in [1.165, 1.54) is 11.3 Å². The van der Waals surface area contributed by atoms with Gasteiger partial charge in [-0.25, -0.2) is 0 Å². The van der Waals surface area contributed by atoms with Gasteiger partial charge in [-0.05, 0) is 36.1 Å². The van der Waals surface area contributed by atoms with E-state index in [9.17, 15) is 9.59 Å². The van der Waals surface area contributed by atoms with E-state index in [-0.39, 0.29) is 24.5 Å². The largest absolute Gasteiger partial charge is 0.378 e. The summed E-state index contributed by atoms with van der Waals surface area (Å²) in [4.78, 5) is 24.5. The molecule has 4 nitrogen and oxygen atoms in total. The molecular weight excluding hydrogens is 298 g/mol. The molecule has 2 heterocycles. The predicted octanol–water partition coefficient (Wildman–Crippen LogP) is 3.28. The summed E-state index contributed by atoms with van der Waals surface area (Å²) in [5.74, 6) is 1.02. The van der Waals surface area contributed by atoms with Crippen LogP contribution >= 0.6 is 11.3 Å². The maximum atomic E-state index is 11.9. The monoisotopic (exact) mass is 323 g/mol. The van der Waals surface area contributed by atoms with Crippen molar-refractivity contribution >= 4 is 23.0 Å². The third kappa shape index (κ3) is 5.21. The average molecular weight is 323 g/mol. The van der Waals surface area contributed by atoms with Crippen molar-refractivity contribution in [1.29, 1.82) is 0 Å². The zero-order valence-electron chi connectivity index (χ0n) is 13.3. The van der Waals surface area contributed by atoms with Gasteiger partial charge in [-0.2, -0.15) is 0 Å². The number of nitrogens with one attached hydrogen (secondary N) is 1. The van der Waals surface area contributed by atoms with Crippen LogP contribution in [0, 0.1) is 11.8 Å². The molecule has 22 heavy (non-hydrogen) atoms. The van der Waals surface area contributed by atoms with Gasteiger partial charge < -0.3 is 10.1 Å². The number of ketones is 1. The van der Waals surface area contributed by atoms with Gasteiger partial charge in [0.05, 0.1) is 11.0 Å². The number of amides is 1. The standard InChI is InChI=1S/C17H25NO3S/c1-12(2)15-10-13(7-8-21-15)11-18-17(20)6-5-14(19)16-4-3-9-22-16/h3-4,9,12-13,15H,5-8,10-11H2,1-2H3,(H,18,20). The summed E-state index contributed by atoms with van der Waals surface area (Å²) in [7, 11) is 0. The summed E-state index contributed by atoms with van der Waals surface area (Å²) in [5.41, 5.74) is 0. The fourth-order valence-electron chi connectivity index (χ4n) is 2.68. The fraction of sp³-hybridized carbons (Fsp3) is 0.647. The lowest BCUT2D eigenvalue weighted by molar-refractivity contribution is -0.121. The van der Waals surface area contributed by atoms with Crippen LogP contribution in [0.5, 0.6) is 0 Å². The van der Waals surface area contributed by atoms with Gasteiger partial charge in [-0.1, -0.05) is 19.9 Å². The minimum Gasteiger partial charge on any atom is -0.378 e. The highest BCUT2D eigenvalue weighted by molar-refractivity contribution is 7.12. The average Bonchev–Trinajstić information content (AvgIpc) is 3.05. The normalized spacial score (nSPS) is 21.8. The maximum absolute atomic E-state index is 11.9. The fourth-order valence-corrected chi connectivity index (χ4v) is 3.38. The maximum Gasteiger partial charge on any atom is 0.220 e. The Morgan fingerprint density at radius 3 is 2.91 bits per heavy atom. The molecule has 0 spiro atoms. The Bertz CT molecular complexity index is 484. The van der Waals surface area contributed by atoms with E-state index in [2.05, 4.69) is 19.2 Å². The van der Waals surface area contributed by atoms with Crippen LogP contribution in [0.2, 0.25) is 0 Å². The van der Waals surface area contributed by atoms with E-state index < -0.39 is 0 Å². The second-order valence-electron chi connectivity index (χ2n) is 6.25. The van der Waals surface area contributed by atoms with Gasteiger partial charge in [0.1, 0.15) is 0 Å². The zero-order valence-corrected chi connectivity index (χ0v) is 14.2. The molecule has 122 valence electrons. The van der Waals surface area contributed by atoms with Crippen LogP contribution in [-0.4, -0.2) is 30.9 Å². The van der Waals surface area contributed by atoms with Crippen molar-refractivity contribution < 1.29 is 14.3 Å². The summed E-state index contributed by atoms with van der Waals surface area (Å²) >= 11 is 1.43. The van der Waals surface area contributed by atoms with E-state index in [4.69, 9.17) is 4.74 Å². The van der Waals surface area contributed by atoms with Crippen molar-refractivity contribution in [1.82, 2.24) is 5.32 Å². The summed E-state index contributed by atoms with van der Waals surface area (Å²) < 4.78 is 5.74. The molecular formula is C17H25NO3S. The Labute approximate surface area is 136 Å². The number of thiophene rings is 1. The number of carbonyl (C=O) groups excluding carboxylic acids is 2. The minimum absolute atomic E-state index is 0.0301. The summed E-state index contributed by atoms with van der Waals surface area (Å²) in [6, 6.07) is 3.66. The van der Waals surface area contributed by atoms with Crippen LogP contribution in [0.1, 0.15) is 49.2 Å². The van der Waals surface area contributed by atoms with Crippen LogP contribution in [0.4, 0.5) is 0 Å². The smallest absolute Gasteiger partial charge is 0.220 e. The lowest BCUT2D eigenvalue weighted by Gasteiger charge is -2.32. The molecule has 0 saturated carbocycles. The highest BCUT2D eigenvalue weighted by Crippen LogP contribution is 2.24. The molecule has 1 fully saturated rings. The van der Waals surface area contributed by atoms with Crippen molar-refractivity contribution in [3.05, 3.63) is 22.4 Å². The molecule has 1 aliphatic rings. The molecule has 1 aromatic rings. The van der Waals surface area contributed by atoms with E-state index in [0.717, 1.165) is 24.3 Å². The second-order valence-corrected chi connectivity index (χ2v) is 7.20. The molecule has 2 unspecified atom stereocenters. The molecule has 0 radical (unpaired) electrons. The molecule has 1 amide bonds. The SMILES string of the molecule is CC(C)C1CC(CNC(=O)CCC(=O)c2cccs2)CCO1. The third-order valence-electron chi connectivity index (χ3n) is 4.13. The molecule has 5 heteroatoms. The van der Waals surface area contributed by atoms with Gasteiger partial charge in [0.25, 0.3) is 0 Å².